The number of nitrogens with one attached hydrogen (secondary N) is 3. The maximum atomic E-state index is 13.1. The number of amides is 1. The number of carbonyl (C=O) groups is 1. The topological polar surface area (TPSA) is 105 Å². The number of aromatic nitrogens is 1. The van der Waals surface area contributed by atoms with Gasteiger partial charge in [-0.1, -0.05) is 88.4 Å². The minimum Gasteiger partial charge on any atom is -0.496 e. The van der Waals surface area contributed by atoms with Gasteiger partial charge in [-0.15, -0.1) is 0 Å². The SMILES string of the molecule is CC[C@@H](Cc1ccc2[nH]c(C(=O)NCc3ccccc3OC)cc2c1)NC[C@@H](O[Si](C)(C)C(C)(C)C)c1ccc(OCc2ccccc2)c(CO)c1. The Morgan fingerprint density at radius 2 is 1.63 bits per heavy atom. The molecule has 0 saturated heterocycles. The van der Waals surface area contributed by atoms with E-state index < -0.39 is 8.32 Å². The van der Waals surface area contributed by atoms with Crippen LogP contribution in [0.4, 0.5) is 0 Å². The summed E-state index contributed by atoms with van der Waals surface area (Å²) in [6.07, 6.45) is 1.56. The Bertz CT molecular complexity index is 1920. The summed E-state index contributed by atoms with van der Waals surface area (Å²) < 4.78 is 18.6. The fraction of sp³-hybridized carbons (Fsp3) is 0.372. The van der Waals surface area contributed by atoms with Crippen LogP contribution in [0.5, 0.6) is 11.5 Å². The number of aromatic amines is 1. The van der Waals surface area contributed by atoms with Crippen molar-refractivity contribution in [1.29, 1.82) is 0 Å². The Kier molecular flexibility index (Phi) is 13.0. The van der Waals surface area contributed by atoms with Gasteiger partial charge in [0.1, 0.15) is 23.8 Å². The molecule has 0 radical (unpaired) electrons. The molecule has 1 heterocycles. The number of rotatable bonds is 17. The maximum absolute atomic E-state index is 13.1. The summed E-state index contributed by atoms with van der Waals surface area (Å²) in [6.45, 7) is 14.8. The number of para-hydroxylation sites is 1. The van der Waals surface area contributed by atoms with Gasteiger partial charge in [0.15, 0.2) is 8.32 Å². The first-order chi connectivity index (χ1) is 24.9. The van der Waals surface area contributed by atoms with E-state index in [1.807, 2.05) is 72.8 Å². The summed E-state index contributed by atoms with van der Waals surface area (Å²) in [4.78, 5) is 16.3. The molecule has 0 aliphatic rings. The van der Waals surface area contributed by atoms with E-state index in [0.717, 1.165) is 51.7 Å². The molecule has 0 aliphatic carbocycles. The average Bonchev–Trinajstić information content (AvgIpc) is 3.58. The molecule has 1 aromatic heterocycles. The van der Waals surface area contributed by atoms with Crippen molar-refractivity contribution in [3.05, 3.63) is 131 Å². The van der Waals surface area contributed by atoms with Crippen molar-refractivity contribution in [2.75, 3.05) is 13.7 Å². The fourth-order valence-corrected chi connectivity index (χ4v) is 7.31. The Morgan fingerprint density at radius 3 is 2.35 bits per heavy atom. The molecular formula is C43H55N3O5Si. The van der Waals surface area contributed by atoms with E-state index in [-0.39, 0.29) is 29.7 Å². The molecule has 4 aromatic carbocycles. The standard InChI is InChI=1S/C43H55N3O5Si/c1-8-36(23-31-18-20-37-34(22-31)25-38(46-37)42(48)45-26-33-16-12-13-17-39(33)49-5)44-27-41(51-52(6,7)43(2,3)4)32-19-21-40(35(24-32)28-47)50-29-30-14-10-9-11-15-30/h9-22,24-25,36,41,44,46-47H,8,23,26-29H2,1-7H3,(H,45,48)/t36-,41+/m0/s1. The lowest BCUT2D eigenvalue weighted by molar-refractivity contribution is 0.0946. The minimum absolute atomic E-state index is 0.0318. The molecule has 4 N–H and O–H groups in total. The Balaban J connectivity index is 1.27. The number of ether oxygens (including phenoxy) is 2. The van der Waals surface area contributed by atoms with Crippen LogP contribution in [0.1, 0.15) is 78.5 Å². The highest BCUT2D eigenvalue weighted by Gasteiger charge is 2.39. The third-order valence-electron chi connectivity index (χ3n) is 10.2. The van der Waals surface area contributed by atoms with E-state index >= 15 is 0 Å². The summed E-state index contributed by atoms with van der Waals surface area (Å²) in [5.41, 5.74) is 6.40. The second-order valence-electron chi connectivity index (χ2n) is 15.0. The van der Waals surface area contributed by atoms with Crippen molar-refractivity contribution in [2.45, 2.75) is 90.6 Å². The third-order valence-corrected chi connectivity index (χ3v) is 14.7. The number of methoxy groups -OCH3 is 1. The molecule has 5 rings (SSSR count). The van der Waals surface area contributed by atoms with Crippen LogP contribution in [0.2, 0.25) is 18.1 Å². The lowest BCUT2D eigenvalue weighted by Crippen LogP contribution is -2.44. The van der Waals surface area contributed by atoms with E-state index in [1.165, 1.54) is 5.56 Å². The predicted molar refractivity (Wildman–Crippen MR) is 212 cm³/mol. The van der Waals surface area contributed by atoms with Crippen LogP contribution >= 0.6 is 0 Å². The minimum atomic E-state index is -2.15. The molecule has 8 nitrogen and oxygen atoms in total. The van der Waals surface area contributed by atoms with Gasteiger partial charge in [-0.25, -0.2) is 0 Å². The zero-order chi connectivity index (χ0) is 37.3. The largest absolute Gasteiger partial charge is 0.496 e. The lowest BCUT2D eigenvalue weighted by atomic mass is 10.0. The molecule has 0 saturated carbocycles. The Labute approximate surface area is 310 Å². The van der Waals surface area contributed by atoms with Gasteiger partial charge in [0, 0.05) is 41.2 Å². The smallest absolute Gasteiger partial charge is 0.267 e. The van der Waals surface area contributed by atoms with Crippen LogP contribution in [0.15, 0.2) is 97.1 Å². The number of hydrogen-bond donors (Lipinski definition) is 4. The summed E-state index contributed by atoms with van der Waals surface area (Å²) in [6, 6.07) is 32.3. The number of aliphatic hydroxyl groups excluding tert-OH is 1. The number of aliphatic hydroxyl groups is 1. The normalized spacial score (nSPS) is 13.2. The Hall–Kier alpha value is -4.41. The van der Waals surface area contributed by atoms with Crippen molar-refractivity contribution in [3.8, 4) is 11.5 Å². The second-order valence-corrected chi connectivity index (χ2v) is 19.7. The molecule has 5 aromatic rings. The first-order valence-corrected chi connectivity index (χ1v) is 21.1. The van der Waals surface area contributed by atoms with Gasteiger partial charge in [-0.05, 0) is 84.1 Å². The summed E-state index contributed by atoms with van der Waals surface area (Å²) in [5.74, 6) is 1.26. The van der Waals surface area contributed by atoms with Gasteiger partial charge in [-0.2, -0.15) is 0 Å². The highest BCUT2D eigenvalue weighted by molar-refractivity contribution is 6.74. The number of H-pyrrole nitrogens is 1. The number of hydrogen-bond acceptors (Lipinski definition) is 6. The Morgan fingerprint density at radius 1 is 0.885 bits per heavy atom. The molecule has 276 valence electrons. The molecule has 9 heteroatoms. The van der Waals surface area contributed by atoms with Gasteiger partial charge in [0.25, 0.3) is 5.91 Å². The van der Waals surface area contributed by atoms with E-state index in [4.69, 9.17) is 13.9 Å². The molecule has 0 unspecified atom stereocenters. The molecule has 0 aliphatic heterocycles. The zero-order valence-electron chi connectivity index (χ0n) is 31.7. The highest BCUT2D eigenvalue weighted by atomic mass is 28.4. The molecular weight excluding hydrogens is 667 g/mol. The fourth-order valence-electron chi connectivity index (χ4n) is 6.03. The molecule has 52 heavy (non-hydrogen) atoms. The van der Waals surface area contributed by atoms with Crippen molar-refractivity contribution < 1.29 is 23.8 Å². The van der Waals surface area contributed by atoms with E-state index in [1.54, 1.807) is 7.11 Å². The average molecular weight is 722 g/mol. The van der Waals surface area contributed by atoms with Crippen LogP contribution in [-0.4, -0.2) is 44.0 Å². The molecule has 0 bridgehead atoms. The van der Waals surface area contributed by atoms with Crippen LogP contribution < -0.4 is 20.1 Å². The third kappa shape index (κ3) is 9.92. The van der Waals surface area contributed by atoms with Gasteiger partial charge in [-0.3, -0.25) is 4.79 Å². The van der Waals surface area contributed by atoms with Crippen molar-refractivity contribution in [3.63, 3.8) is 0 Å². The molecule has 1 amide bonds. The summed E-state index contributed by atoms with van der Waals surface area (Å²) >= 11 is 0. The number of benzene rings is 4. The van der Waals surface area contributed by atoms with E-state index in [0.29, 0.717) is 31.1 Å². The first-order valence-electron chi connectivity index (χ1n) is 18.2. The maximum Gasteiger partial charge on any atom is 0.267 e. The van der Waals surface area contributed by atoms with E-state index in [9.17, 15) is 9.90 Å². The molecule has 0 spiro atoms. The molecule has 2 atom stereocenters. The van der Waals surface area contributed by atoms with Crippen LogP contribution in [-0.2, 0) is 30.6 Å². The van der Waals surface area contributed by atoms with Crippen LogP contribution in [0.25, 0.3) is 10.9 Å². The summed E-state index contributed by atoms with van der Waals surface area (Å²) in [7, 11) is -0.521. The van der Waals surface area contributed by atoms with Crippen LogP contribution in [0, 0.1) is 0 Å². The number of carbonyl (C=O) groups excluding carboxylic acids is 1. The quantitative estimate of drug-likeness (QED) is 0.0716. The summed E-state index contributed by atoms with van der Waals surface area (Å²) in [5, 5.41) is 18.2. The van der Waals surface area contributed by atoms with E-state index in [2.05, 4.69) is 80.7 Å². The van der Waals surface area contributed by atoms with Crippen molar-refractivity contribution in [1.82, 2.24) is 15.6 Å². The predicted octanol–water partition coefficient (Wildman–Crippen LogP) is 8.85. The zero-order valence-corrected chi connectivity index (χ0v) is 32.7. The first kappa shape index (κ1) is 38.8. The second kappa shape index (κ2) is 17.4. The van der Waals surface area contributed by atoms with Gasteiger partial charge in [0.05, 0.1) is 19.8 Å². The van der Waals surface area contributed by atoms with Crippen LogP contribution in [0.3, 0.4) is 0 Å². The van der Waals surface area contributed by atoms with Gasteiger partial charge in [0.2, 0.25) is 0 Å². The lowest BCUT2D eigenvalue weighted by Gasteiger charge is -2.40. The van der Waals surface area contributed by atoms with Crippen molar-refractivity contribution in [2.24, 2.45) is 0 Å². The van der Waals surface area contributed by atoms with Gasteiger partial charge >= 0.3 is 0 Å². The molecule has 0 fully saturated rings. The number of fused-ring (bicyclic) bond motifs is 1. The highest BCUT2D eigenvalue weighted by Crippen LogP contribution is 2.40. The monoisotopic (exact) mass is 721 g/mol. The van der Waals surface area contributed by atoms with Gasteiger partial charge < -0.3 is 34.6 Å². The van der Waals surface area contributed by atoms with Crippen molar-refractivity contribution >= 4 is 25.1 Å².